The first kappa shape index (κ1) is 26.4. The molecule has 2 aliphatic rings. The van der Waals surface area contributed by atoms with Gasteiger partial charge in [-0.05, 0) is 68.8 Å². The van der Waals surface area contributed by atoms with Gasteiger partial charge in [-0.25, -0.2) is 9.59 Å². The number of nitrogens with one attached hydrogen (secondary N) is 1. The van der Waals surface area contributed by atoms with Crippen LogP contribution < -0.4 is 15.3 Å². The zero-order chi connectivity index (χ0) is 26.0. The molecule has 9 heteroatoms. The van der Waals surface area contributed by atoms with E-state index in [-0.39, 0.29) is 34.3 Å². The number of nitrogens with zero attached hydrogens (tertiary/aromatic N) is 2. The Labute approximate surface area is 216 Å². The molecule has 0 saturated heterocycles. The van der Waals surface area contributed by atoms with E-state index in [1.807, 2.05) is 11.0 Å². The number of thiophene rings is 1. The van der Waals surface area contributed by atoms with Crippen LogP contribution in [0.25, 0.3) is 0 Å². The van der Waals surface area contributed by atoms with Crippen LogP contribution in [0.15, 0.2) is 23.1 Å². The van der Waals surface area contributed by atoms with Gasteiger partial charge >= 0.3 is 11.7 Å². The van der Waals surface area contributed by atoms with Gasteiger partial charge in [0.2, 0.25) is 11.8 Å². The summed E-state index contributed by atoms with van der Waals surface area (Å²) in [4.78, 5) is 47.2. The number of aromatic nitrogens is 2. The van der Waals surface area contributed by atoms with Gasteiger partial charge in [0.15, 0.2) is 0 Å². The lowest BCUT2D eigenvalue weighted by Gasteiger charge is -2.39. The molecule has 2 heterocycles. The fourth-order valence-corrected chi connectivity index (χ4v) is 6.34. The lowest BCUT2D eigenvalue weighted by molar-refractivity contribution is -0.124. The molecule has 0 radical (unpaired) electrons. The Morgan fingerprint density at radius 2 is 1.78 bits per heavy atom. The molecule has 8 nitrogen and oxygen atoms in total. The van der Waals surface area contributed by atoms with Gasteiger partial charge in [-0.2, -0.15) is 4.98 Å². The SMILES string of the molecule is CC(C)(C)c1cc(N(C(=O)[C@H]2CC[C@H](C)CC2)[C@H]2CC[C@H](Oc3cc[nH]c(=O)n3)CC2)c(C(=O)O)s1. The molecule has 2 aromatic rings. The number of hydrogen-bond donors (Lipinski definition) is 2. The summed E-state index contributed by atoms with van der Waals surface area (Å²) in [7, 11) is 0. The number of carboxylic acids is 1. The molecule has 2 N–H and O–H groups in total. The molecule has 196 valence electrons. The second-order valence-corrected chi connectivity index (χ2v) is 12.4. The summed E-state index contributed by atoms with van der Waals surface area (Å²) < 4.78 is 5.94. The van der Waals surface area contributed by atoms with E-state index >= 15 is 0 Å². The Morgan fingerprint density at radius 1 is 1.11 bits per heavy atom. The second-order valence-electron chi connectivity index (χ2n) is 11.3. The largest absolute Gasteiger partial charge is 0.477 e. The predicted octanol–water partition coefficient (Wildman–Crippen LogP) is 5.38. The molecule has 36 heavy (non-hydrogen) atoms. The smallest absolute Gasteiger partial charge is 0.348 e. The molecule has 0 aromatic carbocycles. The van der Waals surface area contributed by atoms with Crippen molar-refractivity contribution >= 4 is 28.9 Å². The Morgan fingerprint density at radius 3 is 2.36 bits per heavy atom. The lowest BCUT2D eigenvalue weighted by atomic mass is 9.81. The second kappa shape index (κ2) is 10.7. The average molecular weight is 516 g/mol. The summed E-state index contributed by atoms with van der Waals surface area (Å²) in [6, 6.07) is 3.47. The Balaban J connectivity index is 1.60. The molecule has 2 saturated carbocycles. The van der Waals surface area contributed by atoms with Crippen LogP contribution in [0.5, 0.6) is 5.88 Å². The minimum atomic E-state index is -0.988. The zero-order valence-corrected chi connectivity index (χ0v) is 22.4. The van der Waals surface area contributed by atoms with Crippen molar-refractivity contribution in [3.05, 3.63) is 38.6 Å². The van der Waals surface area contributed by atoms with Gasteiger partial charge in [0.1, 0.15) is 11.0 Å². The molecule has 2 fully saturated rings. The topological polar surface area (TPSA) is 113 Å². The van der Waals surface area contributed by atoms with Gasteiger partial charge < -0.3 is 19.7 Å². The predicted molar refractivity (Wildman–Crippen MR) is 140 cm³/mol. The van der Waals surface area contributed by atoms with Crippen molar-refractivity contribution < 1.29 is 19.4 Å². The number of anilines is 1. The minimum absolute atomic E-state index is 0.0586. The normalized spacial score (nSPS) is 24.8. The molecule has 2 aliphatic carbocycles. The van der Waals surface area contributed by atoms with E-state index in [9.17, 15) is 19.5 Å². The Hall–Kier alpha value is -2.68. The van der Waals surface area contributed by atoms with Gasteiger partial charge in [-0.1, -0.05) is 27.7 Å². The Kier molecular flexibility index (Phi) is 7.87. The molecule has 0 unspecified atom stereocenters. The number of aromatic amines is 1. The van der Waals surface area contributed by atoms with Gasteiger partial charge in [-0.15, -0.1) is 11.3 Å². The van der Waals surface area contributed by atoms with Crippen molar-refractivity contribution in [2.24, 2.45) is 11.8 Å². The van der Waals surface area contributed by atoms with Crippen molar-refractivity contribution in [1.82, 2.24) is 9.97 Å². The van der Waals surface area contributed by atoms with E-state index in [2.05, 4.69) is 37.7 Å². The molecular formula is C27H37N3O5S. The van der Waals surface area contributed by atoms with Crippen molar-refractivity contribution in [1.29, 1.82) is 0 Å². The third-order valence-corrected chi connectivity index (χ3v) is 8.99. The zero-order valence-electron chi connectivity index (χ0n) is 21.6. The first-order valence-electron chi connectivity index (χ1n) is 13.0. The van der Waals surface area contributed by atoms with Crippen LogP contribution in [0.4, 0.5) is 5.69 Å². The maximum atomic E-state index is 14.0. The van der Waals surface area contributed by atoms with Crippen LogP contribution in [0.3, 0.4) is 0 Å². The van der Waals surface area contributed by atoms with Crippen LogP contribution in [0.1, 0.15) is 93.6 Å². The fraction of sp³-hybridized carbons (Fsp3) is 0.630. The number of rotatable bonds is 6. The summed E-state index contributed by atoms with van der Waals surface area (Å²) in [5.74, 6) is -0.0827. The minimum Gasteiger partial charge on any atom is -0.477 e. The molecule has 2 aromatic heterocycles. The highest BCUT2D eigenvalue weighted by Crippen LogP contribution is 2.42. The summed E-state index contributed by atoms with van der Waals surface area (Å²) in [5, 5.41) is 10.1. The highest BCUT2D eigenvalue weighted by atomic mass is 32.1. The summed E-state index contributed by atoms with van der Waals surface area (Å²) in [5.41, 5.74) is -0.122. The molecule has 0 aliphatic heterocycles. The first-order chi connectivity index (χ1) is 17.0. The summed E-state index contributed by atoms with van der Waals surface area (Å²) >= 11 is 1.28. The van der Waals surface area contributed by atoms with Crippen molar-refractivity contribution in [3.63, 3.8) is 0 Å². The first-order valence-corrected chi connectivity index (χ1v) is 13.8. The number of carboxylic acid groups (broad SMARTS) is 1. The summed E-state index contributed by atoms with van der Waals surface area (Å²) in [6.45, 7) is 8.42. The third kappa shape index (κ3) is 5.99. The Bertz CT molecular complexity index is 1130. The number of aromatic carboxylic acids is 1. The number of amides is 1. The van der Waals surface area contributed by atoms with E-state index in [1.165, 1.54) is 17.5 Å². The number of carbonyl (C=O) groups excluding carboxylic acids is 1. The van der Waals surface area contributed by atoms with Gasteiger partial charge in [0, 0.05) is 29.1 Å². The highest BCUT2D eigenvalue weighted by Gasteiger charge is 2.38. The number of H-pyrrole nitrogens is 1. The monoisotopic (exact) mass is 515 g/mol. The van der Waals surface area contributed by atoms with Crippen LogP contribution >= 0.6 is 11.3 Å². The van der Waals surface area contributed by atoms with Crippen molar-refractivity contribution in [2.75, 3.05) is 4.90 Å². The van der Waals surface area contributed by atoms with Gasteiger partial charge in [-0.3, -0.25) is 4.79 Å². The molecule has 0 atom stereocenters. The molecular weight excluding hydrogens is 478 g/mol. The summed E-state index contributed by atoms with van der Waals surface area (Å²) in [6.07, 6.45) is 7.95. The molecule has 0 spiro atoms. The number of carbonyl (C=O) groups is 2. The average Bonchev–Trinajstić information content (AvgIpc) is 3.27. The van der Waals surface area contributed by atoms with Gasteiger partial charge in [0.25, 0.3) is 0 Å². The van der Waals surface area contributed by atoms with Crippen LogP contribution in [0, 0.1) is 11.8 Å². The van der Waals surface area contributed by atoms with E-state index in [0.29, 0.717) is 43.2 Å². The molecule has 4 rings (SSSR count). The fourth-order valence-electron chi connectivity index (χ4n) is 5.29. The van der Waals surface area contributed by atoms with E-state index in [0.717, 1.165) is 30.6 Å². The molecule has 0 bridgehead atoms. The van der Waals surface area contributed by atoms with E-state index < -0.39 is 11.7 Å². The highest BCUT2D eigenvalue weighted by molar-refractivity contribution is 7.14. The van der Waals surface area contributed by atoms with Crippen LogP contribution in [0.2, 0.25) is 0 Å². The van der Waals surface area contributed by atoms with Gasteiger partial charge in [0.05, 0.1) is 5.69 Å². The van der Waals surface area contributed by atoms with Crippen LogP contribution in [-0.2, 0) is 10.2 Å². The maximum Gasteiger partial charge on any atom is 0.348 e. The standard InChI is InChI=1S/C27H37N3O5S/c1-16-5-7-17(8-6-16)24(31)30(20-15-21(27(2,3)4)36-23(20)25(32)33)18-9-11-19(12-10-18)35-22-13-14-28-26(34)29-22/h13-19H,5-12H2,1-4H3,(H,32,33)(H,28,29,34)/t16-,17-,18-,19-. The van der Waals surface area contributed by atoms with Crippen molar-refractivity contribution in [3.8, 4) is 5.88 Å². The lowest BCUT2D eigenvalue weighted by Crippen LogP contribution is -2.47. The maximum absolute atomic E-state index is 14.0. The molecule has 1 amide bonds. The van der Waals surface area contributed by atoms with E-state index in [4.69, 9.17) is 4.74 Å². The van der Waals surface area contributed by atoms with E-state index in [1.54, 1.807) is 6.07 Å². The number of hydrogen-bond acceptors (Lipinski definition) is 6. The quantitative estimate of drug-likeness (QED) is 0.534. The third-order valence-electron chi connectivity index (χ3n) is 7.45. The number of ether oxygens (including phenoxy) is 1. The van der Waals surface area contributed by atoms with Crippen molar-refractivity contribution in [2.45, 2.75) is 96.6 Å². The van der Waals surface area contributed by atoms with Crippen LogP contribution in [-0.4, -0.2) is 39.1 Å².